The van der Waals surface area contributed by atoms with Gasteiger partial charge in [-0.25, -0.2) is 14.8 Å². The van der Waals surface area contributed by atoms with Crippen molar-refractivity contribution >= 4 is 28.7 Å². The molecule has 15 heteroatoms. The van der Waals surface area contributed by atoms with E-state index in [0.717, 1.165) is 6.54 Å². The number of hydrogen-bond acceptors (Lipinski definition) is 11. The van der Waals surface area contributed by atoms with Crippen molar-refractivity contribution in [2.45, 2.75) is 44.5 Å². The third-order valence-electron chi connectivity index (χ3n) is 5.24. The number of hydrogen-bond donors (Lipinski definition) is 7. The second-order valence-electron chi connectivity index (χ2n) is 8.96. The van der Waals surface area contributed by atoms with E-state index in [1.807, 2.05) is 19.0 Å². The topological polar surface area (TPSA) is 223 Å². The molecule has 0 saturated carbocycles. The van der Waals surface area contributed by atoms with Crippen molar-refractivity contribution in [3.05, 3.63) is 52.8 Å². The molecule has 0 spiro atoms. The van der Waals surface area contributed by atoms with Crippen LogP contribution in [-0.2, 0) is 9.53 Å². The highest BCUT2D eigenvalue weighted by atomic mass is 16.6. The van der Waals surface area contributed by atoms with E-state index < -0.39 is 42.7 Å². The number of anilines is 1. The number of H-pyrrole nitrogens is 1. The number of carboxylic acids is 1. The molecule has 1 aliphatic heterocycles. The Bertz CT molecular complexity index is 1270. The fraction of sp³-hybridized carbons (Fsp3) is 0.458. The largest absolute Gasteiger partial charge is 0.478 e. The number of amides is 1. The Hall–Kier alpha value is -3.73. The molecule has 2 unspecified atom stereocenters. The number of aliphatic hydroxyl groups is 4. The number of fused-ring (bicyclic) bond motifs is 1. The summed E-state index contributed by atoms with van der Waals surface area (Å²) in [6, 6.07) is 5.97. The van der Waals surface area contributed by atoms with Crippen molar-refractivity contribution in [2.75, 3.05) is 32.6 Å². The fourth-order valence-electron chi connectivity index (χ4n) is 3.59. The van der Waals surface area contributed by atoms with E-state index in [9.17, 15) is 24.6 Å². The van der Waals surface area contributed by atoms with Crippen LogP contribution in [0.4, 0.5) is 5.69 Å². The second-order valence-corrected chi connectivity index (χ2v) is 8.96. The van der Waals surface area contributed by atoms with Gasteiger partial charge in [0.1, 0.15) is 18.3 Å². The summed E-state index contributed by atoms with van der Waals surface area (Å²) in [4.78, 5) is 44.8. The number of carbonyl (C=O) groups excluding carboxylic acids is 1. The van der Waals surface area contributed by atoms with Gasteiger partial charge in [-0.1, -0.05) is 0 Å². The van der Waals surface area contributed by atoms with Crippen molar-refractivity contribution in [3.63, 3.8) is 0 Å². The molecule has 1 fully saturated rings. The molecule has 2 aromatic heterocycles. The van der Waals surface area contributed by atoms with Gasteiger partial charge in [0.15, 0.2) is 17.4 Å². The first-order chi connectivity index (χ1) is 18.3. The third-order valence-corrected chi connectivity index (χ3v) is 5.24. The number of imidazole rings is 1. The number of rotatable bonds is 6. The van der Waals surface area contributed by atoms with Gasteiger partial charge in [-0.15, -0.1) is 0 Å². The van der Waals surface area contributed by atoms with Gasteiger partial charge in [-0.3, -0.25) is 14.2 Å². The quantitative estimate of drug-likeness (QED) is 0.196. The van der Waals surface area contributed by atoms with E-state index >= 15 is 0 Å². The van der Waals surface area contributed by atoms with Crippen molar-refractivity contribution in [1.29, 1.82) is 0 Å². The molecule has 39 heavy (non-hydrogen) atoms. The Balaban J connectivity index is 0.000000232. The van der Waals surface area contributed by atoms with Gasteiger partial charge in [-0.2, -0.15) is 0 Å². The summed E-state index contributed by atoms with van der Waals surface area (Å²) < 4.78 is 6.70. The molecule has 5 atom stereocenters. The molecule has 7 N–H and O–H groups in total. The van der Waals surface area contributed by atoms with Gasteiger partial charge in [0.25, 0.3) is 5.56 Å². The summed E-state index contributed by atoms with van der Waals surface area (Å²) >= 11 is 0. The summed E-state index contributed by atoms with van der Waals surface area (Å²) in [6.07, 6.45) is -1.98. The smallest absolute Gasteiger partial charge is 0.335 e. The first-order valence-corrected chi connectivity index (χ1v) is 11.8. The highest BCUT2D eigenvalue weighted by Crippen LogP contribution is 2.30. The van der Waals surface area contributed by atoms with Crippen molar-refractivity contribution in [1.82, 2.24) is 24.4 Å². The molecular formula is C24H34N6O9. The van der Waals surface area contributed by atoms with Gasteiger partial charge in [0.05, 0.1) is 30.9 Å². The Kier molecular flexibility index (Phi) is 11.7. The van der Waals surface area contributed by atoms with E-state index in [0.29, 0.717) is 5.69 Å². The zero-order chi connectivity index (χ0) is 29.3. The molecule has 3 aromatic rings. The second kappa shape index (κ2) is 14.4. The number of aliphatic hydroxyl groups excluding tert-OH is 4. The van der Waals surface area contributed by atoms with E-state index in [-0.39, 0.29) is 28.7 Å². The average molecular weight is 551 g/mol. The average Bonchev–Trinajstić information content (AvgIpc) is 3.40. The zero-order valence-corrected chi connectivity index (χ0v) is 21.9. The molecule has 0 bridgehead atoms. The minimum Gasteiger partial charge on any atom is -0.478 e. The summed E-state index contributed by atoms with van der Waals surface area (Å²) in [5.74, 6) is -1.16. The molecule has 1 aromatic carbocycles. The summed E-state index contributed by atoms with van der Waals surface area (Å²) in [7, 11) is 3.87. The number of benzene rings is 1. The number of aromatic nitrogens is 4. The van der Waals surface area contributed by atoms with Gasteiger partial charge in [0, 0.05) is 19.2 Å². The highest BCUT2D eigenvalue weighted by Gasteiger charge is 2.43. The van der Waals surface area contributed by atoms with Crippen molar-refractivity contribution in [2.24, 2.45) is 0 Å². The first-order valence-electron chi connectivity index (χ1n) is 11.8. The zero-order valence-electron chi connectivity index (χ0n) is 21.9. The first kappa shape index (κ1) is 31.5. The monoisotopic (exact) mass is 550 g/mol. The van der Waals surface area contributed by atoms with Crippen LogP contribution in [-0.4, -0.2) is 113 Å². The maximum atomic E-state index is 11.5. The van der Waals surface area contributed by atoms with E-state index in [1.54, 1.807) is 19.1 Å². The van der Waals surface area contributed by atoms with Crippen LogP contribution in [0, 0.1) is 0 Å². The minimum absolute atomic E-state index is 0.111. The standard InChI is InChI=1S/C10H12N4O5.C9H9NO3.C5H13NO/c15-1-4-6(16)7(17)10(19-4)14-3-13-5-8(14)11-2-12-9(5)18;1-6(11)10-8-4-2-7(3-5-8)9(12)13;1-5(7)4-6(2)3/h2-4,6-7,10,15-17H,1H2,(H,11,12,18);2-5H,1H3,(H,10,11)(H,12,13);5,7H,4H2,1-3H3/t4-,6-,7-,10?;;/m1../s1. The summed E-state index contributed by atoms with van der Waals surface area (Å²) in [5.41, 5.74) is 0.737. The molecule has 0 radical (unpaired) electrons. The number of aromatic amines is 1. The molecule has 214 valence electrons. The Labute approximate surface area is 223 Å². The maximum absolute atomic E-state index is 11.5. The van der Waals surface area contributed by atoms with Crippen molar-refractivity contribution < 1.29 is 39.9 Å². The number of carbonyl (C=O) groups is 2. The number of nitrogens with one attached hydrogen (secondary N) is 2. The Morgan fingerprint density at radius 3 is 2.28 bits per heavy atom. The van der Waals surface area contributed by atoms with Crippen LogP contribution in [0.2, 0.25) is 0 Å². The Morgan fingerprint density at radius 1 is 1.18 bits per heavy atom. The highest BCUT2D eigenvalue weighted by molar-refractivity contribution is 5.91. The van der Waals surface area contributed by atoms with Crippen molar-refractivity contribution in [3.8, 4) is 0 Å². The minimum atomic E-state index is -1.24. The molecule has 1 amide bonds. The fourth-order valence-corrected chi connectivity index (χ4v) is 3.59. The number of carboxylic acid groups (broad SMARTS) is 1. The Morgan fingerprint density at radius 2 is 1.82 bits per heavy atom. The predicted octanol–water partition coefficient (Wildman–Crippen LogP) is -0.997. The summed E-state index contributed by atoms with van der Waals surface area (Å²) in [5, 5.41) is 48.4. The molecule has 15 nitrogen and oxygen atoms in total. The van der Waals surface area contributed by atoms with Gasteiger partial charge in [0.2, 0.25) is 5.91 Å². The number of nitrogens with zero attached hydrogens (tertiary/aromatic N) is 4. The van der Waals surface area contributed by atoms with Crippen LogP contribution in [0.15, 0.2) is 41.7 Å². The molecule has 4 rings (SSSR count). The van der Waals surface area contributed by atoms with E-state index in [1.165, 1.54) is 36.3 Å². The van der Waals surface area contributed by atoms with Crippen LogP contribution >= 0.6 is 0 Å². The van der Waals surface area contributed by atoms with Crippen LogP contribution in [0.25, 0.3) is 11.2 Å². The lowest BCUT2D eigenvalue weighted by molar-refractivity contribution is -0.114. The number of aromatic carboxylic acids is 1. The van der Waals surface area contributed by atoms with E-state index in [4.69, 9.17) is 20.1 Å². The predicted molar refractivity (Wildman–Crippen MR) is 139 cm³/mol. The van der Waals surface area contributed by atoms with Gasteiger partial charge < -0.3 is 45.5 Å². The van der Waals surface area contributed by atoms with Crippen LogP contribution < -0.4 is 10.9 Å². The molecule has 1 saturated heterocycles. The SMILES string of the molecule is CC(=O)Nc1ccc(C(=O)O)cc1.CC(O)CN(C)C.O=c1[nH]cnc2c1ncn2C1O[C@H](CO)[C@@H](O)[C@H]1O. The lowest BCUT2D eigenvalue weighted by atomic mass is 10.1. The molecular weight excluding hydrogens is 516 g/mol. The molecule has 3 heterocycles. The number of likely N-dealkylation sites (N-methyl/N-ethyl adjacent to an activating group) is 1. The van der Waals surface area contributed by atoms with E-state index in [2.05, 4.69) is 20.3 Å². The molecule has 0 aliphatic carbocycles. The van der Waals surface area contributed by atoms with Gasteiger partial charge >= 0.3 is 5.97 Å². The van der Waals surface area contributed by atoms with Crippen LogP contribution in [0.1, 0.15) is 30.4 Å². The lowest BCUT2D eigenvalue weighted by Gasteiger charge is -2.16. The van der Waals surface area contributed by atoms with Crippen LogP contribution in [0.3, 0.4) is 0 Å². The summed E-state index contributed by atoms with van der Waals surface area (Å²) in [6.45, 7) is 3.50. The normalized spacial score (nSPS) is 20.9. The van der Waals surface area contributed by atoms with Gasteiger partial charge in [-0.05, 0) is 45.3 Å². The molecule has 1 aliphatic rings. The van der Waals surface area contributed by atoms with Crippen LogP contribution in [0.5, 0.6) is 0 Å². The number of ether oxygens (including phenoxy) is 1. The lowest BCUT2D eigenvalue weighted by Crippen LogP contribution is -2.33. The third kappa shape index (κ3) is 8.91. The maximum Gasteiger partial charge on any atom is 0.335 e.